The van der Waals surface area contributed by atoms with Crippen LogP contribution in [0.2, 0.25) is 0 Å². The number of nitrogens with zero attached hydrogens (tertiary/aromatic N) is 2. The quantitative estimate of drug-likeness (QED) is 0.289. The minimum atomic E-state index is -0.429. The monoisotopic (exact) mass is 502 g/mol. The first-order chi connectivity index (χ1) is 18.5. The summed E-state index contributed by atoms with van der Waals surface area (Å²) in [5.74, 6) is -1.67. The molecule has 38 heavy (non-hydrogen) atoms. The molecule has 0 aliphatic carbocycles. The Kier molecular flexibility index (Phi) is 5.68. The molecule has 0 saturated carbocycles. The summed E-state index contributed by atoms with van der Waals surface area (Å²) in [7, 11) is 0. The highest BCUT2D eigenvalue weighted by Gasteiger charge is 2.43. The molecule has 2 aliphatic rings. The Labute approximate surface area is 220 Å². The van der Waals surface area contributed by atoms with E-state index in [1.807, 2.05) is 74.5 Å². The molecule has 0 saturated heterocycles. The van der Waals surface area contributed by atoms with Gasteiger partial charge in [0.2, 0.25) is 0 Å². The predicted molar refractivity (Wildman–Crippen MR) is 144 cm³/mol. The van der Waals surface area contributed by atoms with Gasteiger partial charge in [0.15, 0.2) is 0 Å². The summed E-state index contributed by atoms with van der Waals surface area (Å²) >= 11 is 0. The maximum absolute atomic E-state index is 13.8. The van der Waals surface area contributed by atoms with E-state index in [1.165, 1.54) is 9.80 Å². The topological polar surface area (TPSA) is 74.8 Å². The minimum absolute atomic E-state index is 0.332. The maximum Gasteiger partial charge on any atom is 0.261 e. The van der Waals surface area contributed by atoms with Crippen molar-refractivity contribution in [3.63, 3.8) is 0 Å². The molecular weight excluding hydrogens is 476 g/mol. The molecule has 2 aliphatic heterocycles. The van der Waals surface area contributed by atoms with E-state index in [0.29, 0.717) is 45.9 Å². The minimum Gasteiger partial charge on any atom is -0.269 e. The Morgan fingerprint density at radius 2 is 0.763 bits per heavy atom. The van der Waals surface area contributed by atoms with Crippen LogP contribution >= 0.6 is 0 Å². The summed E-state index contributed by atoms with van der Waals surface area (Å²) in [4.78, 5) is 57.9. The summed E-state index contributed by atoms with van der Waals surface area (Å²) in [6.45, 7) is 3.88. The number of hydrogen-bond donors (Lipinski definition) is 0. The van der Waals surface area contributed by atoms with Crippen molar-refractivity contribution in [2.45, 2.75) is 38.8 Å². The van der Waals surface area contributed by atoms with Crippen LogP contribution in [0.15, 0.2) is 84.9 Å². The summed E-state index contributed by atoms with van der Waals surface area (Å²) in [6.07, 6.45) is 1.11. The van der Waals surface area contributed by atoms with Crippen LogP contribution in [0.3, 0.4) is 0 Å². The van der Waals surface area contributed by atoms with Gasteiger partial charge in [0.05, 0.1) is 12.1 Å². The van der Waals surface area contributed by atoms with E-state index in [-0.39, 0.29) is 0 Å². The van der Waals surface area contributed by atoms with Gasteiger partial charge in [0.1, 0.15) is 0 Å². The van der Waals surface area contributed by atoms with E-state index >= 15 is 0 Å². The fourth-order valence-electron chi connectivity index (χ4n) is 5.96. The lowest BCUT2D eigenvalue weighted by atomic mass is 9.84. The van der Waals surface area contributed by atoms with Gasteiger partial charge in [0, 0.05) is 33.0 Å². The van der Waals surface area contributed by atoms with Crippen molar-refractivity contribution >= 4 is 34.4 Å². The van der Waals surface area contributed by atoms with Crippen molar-refractivity contribution in [1.82, 2.24) is 9.80 Å². The van der Waals surface area contributed by atoms with Crippen LogP contribution in [0, 0.1) is 0 Å². The second kappa shape index (κ2) is 9.06. The van der Waals surface area contributed by atoms with Crippen LogP contribution in [0.25, 0.3) is 10.8 Å². The molecule has 0 radical (unpaired) electrons. The lowest BCUT2D eigenvalue weighted by molar-refractivity contribution is 0.0510. The van der Waals surface area contributed by atoms with Gasteiger partial charge >= 0.3 is 0 Å². The average molecular weight is 503 g/mol. The highest BCUT2D eigenvalue weighted by molar-refractivity contribution is 6.33. The molecule has 6 nitrogen and oxygen atoms in total. The molecular formula is C32H26N2O4. The van der Waals surface area contributed by atoms with Gasteiger partial charge in [-0.1, -0.05) is 74.5 Å². The fourth-order valence-corrected chi connectivity index (χ4v) is 5.96. The third-order valence-electron chi connectivity index (χ3n) is 7.72. The van der Waals surface area contributed by atoms with Crippen LogP contribution in [0.4, 0.5) is 0 Å². The van der Waals surface area contributed by atoms with Crippen LogP contribution in [-0.4, -0.2) is 33.4 Å². The second-order valence-corrected chi connectivity index (χ2v) is 9.70. The van der Waals surface area contributed by atoms with Gasteiger partial charge in [-0.25, -0.2) is 0 Å². The van der Waals surface area contributed by atoms with Crippen LogP contribution in [-0.2, 0) is 0 Å². The number of amides is 4. The first-order valence-electron chi connectivity index (χ1n) is 12.9. The zero-order chi connectivity index (χ0) is 26.6. The predicted octanol–water partition coefficient (Wildman–Crippen LogP) is 6.33. The van der Waals surface area contributed by atoms with Crippen molar-refractivity contribution in [2.24, 2.45) is 0 Å². The van der Waals surface area contributed by atoms with E-state index in [1.54, 1.807) is 24.3 Å². The molecule has 6 heteroatoms. The Hall–Kier alpha value is -4.58. The molecule has 4 aromatic rings. The van der Waals surface area contributed by atoms with E-state index < -0.39 is 35.7 Å². The lowest BCUT2D eigenvalue weighted by Gasteiger charge is -2.37. The van der Waals surface area contributed by atoms with Gasteiger partial charge in [-0.2, -0.15) is 0 Å². The summed E-state index contributed by atoms with van der Waals surface area (Å²) in [6, 6.07) is 24.6. The number of benzene rings is 4. The number of imide groups is 2. The molecule has 0 fully saturated rings. The van der Waals surface area contributed by atoms with Crippen molar-refractivity contribution < 1.29 is 19.2 Å². The highest BCUT2D eigenvalue weighted by atomic mass is 16.2. The molecule has 4 amide bonds. The molecule has 188 valence electrons. The van der Waals surface area contributed by atoms with Gasteiger partial charge in [-0.15, -0.1) is 0 Å². The Bertz CT molecular complexity index is 1440. The largest absolute Gasteiger partial charge is 0.269 e. The SMILES string of the molecule is CCC(c1ccccc1)N1C(=O)c2ccc3c4c(ccc(c24)C1=O)C(=O)N(C(CC)c1ccccc1)C3=O. The molecule has 0 spiro atoms. The van der Waals surface area contributed by atoms with Crippen molar-refractivity contribution in [1.29, 1.82) is 0 Å². The lowest BCUT2D eigenvalue weighted by Crippen LogP contribution is -2.45. The summed E-state index contributed by atoms with van der Waals surface area (Å²) < 4.78 is 0. The molecule has 2 unspecified atom stereocenters. The molecule has 2 heterocycles. The van der Waals surface area contributed by atoms with E-state index in [2.05, 4.69) is 0 Å². The van der Waals surface area contributed by atoms with Crippen LogP contribution < -0.4 is 0 Å². The van der Waals surface area contributed by atoms with Crippen molar-refractivity contribution in [2.75, 3.05) is 0 Å². The number of rotatable bonds is 6. The summed E-state index contributed by atoms with van der Waals surface area (Å²) in [5, 5.41) is 0.784. The molecule has 0 N–H and O–H groups in total. The zero-order valence-electron chi connectivity index (χ0n) is 21.2. The average Bonchev–Trinajstić information content (AvgIpc) is 2.96. The van der Waals surface area contributed by atoms with E-state index in [0.717, 1.165) is 11.1 Å². The summed E-state index contributed by atoms with van der Waals surface area (Å²) in [5.41, 5.74) is 3.08. The normalized spacial score (nSPS) is 16.3. The molecule has 6 rings (SSSR count). The molecule has 4 aromatic carbocycles. The smallest absolute Gasteiger partial charge is 0.261 e. The highest BCUT2D eigenvalue weighted by Crippen LogP contribution is 2.42. The third-order valence-corrected chi connectivity index (χ3v) is 7.72. The third kappa shape index (κ3) is 3.33. The first kappa shape index (κ1) is 23.8. The zero-order valence-corrected chi connectivity index (χ0v) is 21.2. The first-order valence-corrected chi connectivity index (χ1v) is 12.9. The van der Waals surface area contributed by atoms with E-state index in [9.17, 15) is 19.2 Å². The second-order valence-electron chi connectivity index (χ2n) is 9.70. The van der Waals surface area contributed by atoms with Crippen molar-refractivity contribution in [3.05, 3.63) is 118 Å². The number of carbonyl (C=O) groups excluding carboxylic acids is 4. The number of hydrogen-bond acceptors (Lipinski definition) is 4. The van der Waals surface area contributed by atoms with Crippen LogP contribution in [0.5, 0.6) is 0 Å². The standard InChI is InChI=1S/C32H26N2O4/c1-3-25(19-11-7-5-8-12-19)33-29(35)21-15-17-23-28-24(18-16-22(27(21)28)30(33)36)32(38)34(31(23)37)26(4-2)20-13-9-6-10-14-20/h5-18,25-26H,3-4H2,1-2H3. The molecule has 0 bridgehead atoms. The van der Waals surface area contributed by atoms with Gasteiger partial charge in [0.25, 0.3) is 23.6 Å². The van der Waals surface area contributed by atoms with Gasteiger partial charge in [-0.3, -0.25) is 29.0 Å². The van der Waals surface area contributed by atoms with Crippen LogP contribution in [0.1, 0.15) is 91.3 Å². The Balaban J connectivity index is 1.50. The fraction of sp³-hybridized carbons (Fsp3) is 0.188. The number of carbonyl (C=O) groups is 4. The van der Waals surface area contributed by atoms with E-state index in [4.69, 9.17) is 0 Å². The van der Waals surface area contributed by atoms with Gasteiger partial charge in [-0.05, 0) is 48.2 Å². The maximum atomic E-state index is 13.8. The van der Waals surface area contributed by atoms with Gasteiger partial charge < -0.3 is 0 Å². The molecule has 0 aromatic heterocycles. The Morgan fingerprint density at radius 1 is 0.474 bits per heavy atom. The molecule has 2 atom stereocenters. The van der Waals surface area contributed by atoms with Crippen molar-refractivity contribution in [3.8, 4) is 0 Å². The Morgan fingerprint density at radius 3 is 1.03 bits per heavy atom.